The van der Waals surface area contributed by atoms with E-state index in [0.717, 1.165) is 12.8 Å². The molecule has 2 aliphatic heterocycles. The number of para-hydroxylation sites is 2. The van der Waals surface area contributed by atoms with Crippen LogP contribution in [0.4, 0.5) is 34.1 Å². The summed E-state index contributed by atoms with van der Waals surface area (Å²) < 4.78 is 5.67. The monoisotopic (exact) mass is 634 g/mol. The Labute approximate surface area is 281 Å². The molecule has 0 fully saturated rings. The van der Waals surface area contributed by atoms with E-state index in [1.54, 1.807) is 0 Å². The van der Waals surface area contributed by atoms with Crippen LogP contribution in [-0.4, -0.2) is 6.71 Å². The first-order valence-corrected chi connectivity index (χ1v) is 18.0. The Bertz CT molecular complexity index is 2600. The van der Waals surface area contributed by atoms with Crippen molar-refractivity contribution in [2.24, 2.45) is 0 Å². The van der Waals surface area contributed by atoms with Gasteiger partial charge in [0.2, 0.25) is 0 Å². The van der Waals surface area contributed by atoms with Crippen LogP contribution in [0.2, 0.25) is 0 Å². The lowest BCUT2D eigenvalue weighted by molar-refractivity contribution is 0.990. The minimum absolute atomic E-state index is 0.142. The summed E-state index contributed by atoms with van der Waals surface area (Å²) in [4.78, 5) is 5.10. The molecule has 47 heavy (non-hydrogen) atoms. The molecule has 0 amide bonds. The van der Waals surface area contributed by atoms with E-state index in [1.165, 1.54) is 91.2 Å². The number of hydrogen-bond acceptors (Lipinski definition) is 4. The Kier molecular flexibility index (Phi) is 5.38. The highest BCUT2D eigenvalue weighted by molar-refractivity contribution is 7.41. The minimum Gasteiger partial charge on any atom is -0.310 e. The average molecular weight is 635 g/mol. The maximum absolute atomic E-state index is 2.55. The molecule has 2 aromatic heterocycles. The molecule has 0 bridgehead atoms. The number of anilines is 6. The van der Waals surface area contributed by atoms with Crippen molar-refractivity contribution in [1.82, 2.24) is 0 Å². The van der Waals surface area contributed by atoms with Crippen molar-refractivity contribution < 1.29 is 0 Å². The van der Waals surface area contributed by atoms with Gasteiger partial charge in [-0.3, -0.25) is 0 Å². The summed E-state index contributed by atoms with van der Waals surface area (Å²) in [5.74, 6) is 0. The van der Waals surface area contributed by atoms with Crippen LogP contribution in [0.3, 0.4) is 0 Å². The van der Waals surface area contributed by atoms with E-state index in [4.69, 9.17) is 0 Å². The van der Waals surface area contributed by atoms with Crippen molar-refractivity contribution in [2.75, 3.05) is 9.80 Å². The van der Waals surface area contributed by atoms with Crippen LogP contribution in [0.5, 0.6) is 0 Å². The fraction of sp³-hybridized carbons (Fsp3) is 0.0476. The van der Waals surface area contributed by atoms with E-state index >= 15 is 0 Å². The van der Waals surface area contributed by atoms with Crippen molar-refractivity contribution in [3.8, 4) is 0 Å². The van der Waals surface area contributed by atoms with Crippen LogP contribution < -0.4 is 24.8 Å². The highest BCUT2D eigenvalue weighted by Gasteiger charge is 2.47. The number of nitrogens with zero attached hydrogens (tertiary/aromatic N) is 2. The normalized spacial score (nSPS) is 14.4. The standard InChI is InChI=1S/C42H27BN2S2/c1-3-14-28(15-4-1)44-34-20-11-21-35-36(34)43(41-37(44)32-24-22-26-12-7-9-18-30(26)39(32)46-41)42-38(45(35)29-16-5-2-6-17-29)33-25-23-27-13-8-10-19-31(27)40(33)47-42/h1-7,9-12,14-25H,8,13H2. The number of benzene rings is 6. The Morgan fingerprint density at radius 2 is 1.15 bits per heavy atom. The third-order valence-corrected chi connectivity index (χ3v) is 12.8. The highest BCUT2D eigenvalue weighted by Crippen LogP contribution is 2.51. The Morgan fingerprint density at radius 1 is 0.532 bits per heavy atom. The SMILES string of the molecule is C1=Cc2c(ccc3c4c(sc23)B2c3sc5c(ccc6ccccc65)c3N(c3ccccc3)c3cccc(c32)N4c2ccccc2)CC1. The summed E-state index contributed by atoms with van der Waals surface area (Å²) in [6.45, 7) is 0.142. The summed E-state index contributed by atoms with van der Waals surface area (Å²) in [5.41, 5.74) is 11.9. The van der Waals surface area contributed by atoms with E-state index in [2.05, 4.69) is 149 Å². The van der Waals surface area contributed by atoms with E-state index in [9.17, 15) is 0 Å². The predicted molar refractivity (Wildman–Crippen MR) is 206 cm³/mol. The van der Waals surface area contributed by atoms with Gasteiger partial charge >= 0.3 is 0 Å². The molecule has 220 valence electrons. The van der Waals surface area contributed by atoms with Crippen molar-refractivity contribution in [1.29, 1.82) is 0 Å². The predicted octanol–water partition coefficient (Wildman–Crippen LogP) is 10.3. The van der Waals surface area contributed by atoms with Crippen molar-refractivity contribution in [3.05, 3.63) is 145 Å². The Morgan fingerprint density at radius 3 is 1.87 bits per heavy atom. The van der Waals surface area contributed by atoms with E-state index in [0.29, 0.717) is 0 Å². The zero-order valence-electron chi connectivity index (χ0n) is 25.5. The minimum atomic E-state index is 0.142. The molecule has 0 radical (unpaired) electrons. The lowest BCUT2D eigenvalue weighted by Crippen LogP contribution is -2.59. The van der Waals surface area contributed by atoms with Gasteiger partial charge < -0.3 is 9.80 Å². The van der Waals surface area contributed by atoms with Gasteiger partial charge in [-0.1, -0.05) is 103 Å². The second-order valence-electron chi connectivity index (χ2n) is 12.7. The van der Waals surface area contributed by atoms with Gasteiger partial charge in [-0.2, -0.15) is 0 Å². The molecule has 0 N–H and O–H groups in total. The van der Waals surface area contributed by atoms with E-state index in [1.807, 2.05) is 22.7 Å². The van der Waals surface area contributed by atoms with E-state index in [-0.39, 0.29) is 6.71 Å². The molecule has 8 aromatic rings. The maximum Gasteiger partial charge on any atom is 0.277 e. The summed E-state index contributed by atoms with van der Waals surface area (Å²) in [6.07, 6.45) is 6.96. The molecular formula is C42H27BN2S2. The second-order valence-corrected chi connectivity index (χ2v) is 14.8. The van der Waals surface area contributed by atoms with Crippen LogP contribution in [0, 0.1) is 0 Å². The number of hydrogen-bond donors (Lipinski definition) is 0. The Hall–Kier alpha value is -5.10. The molecular weight excluding hydrogens is 607 g/mol. The largest absolute Gasteiger partial charge is 0.310 e. The van der Waals surface area contributed by atoms with Crippen molar-refractivity contribution in [3.63, 3.8) is 0 Å². The van der Waals surface area contributed by atoms with Gasteiger partial charge in [-0.15, -0.1) is 22.7 Å². The molecule has 1 aliphatic carbocycles. The summed E-state index contributed by atoms with van der Waals surface area (Å²) in [6, 6.07) is 47.2. The molecule has 0 atom stereocenters. The average Bonchev–Trinajstić information content (AvgIpc) is 3.72. The molecule has 4 heterocycles. The number of thiophene rings is 2. The highest BCUT2D eigenvalue weighted by atomic mass is 32.1. The fourth-order valence-electron chi connectivity index (χ4n) is 8.29. The molecule has 2 nitrogen and oxygen atoms in total. The third-order valence-electron chi connectivity index (χ3n) is 10.3. The zero-order valence-corrected chi connectivity index (χ0v) is 27.1. The van der Waals surface area contributed by atoms with Gasteiger partial charge in [0, 0.05) is 52.5 Å². The van der Waals surface area contributed by atoms with Gasteiger partial charge in [-0.25, -0.2) is 0 Å². The summed E-state index contributed by atoms with van der Waals surface area (Å²) >= 11 is 4.02. The smallest absolute Gasteiger partial charge is 0.277 e. The number of fused-ring (bicyclic) bond motifs is 12. The zero-order chi connectivity index (χ0) is 30.6. The van der Waals surface area contributed by atoms with Crippen molar-refractivity contribution >= 4 is 116 Å². The van der Waals surface area contributed by atoms with E-state index < -0.39 is 0 Å². The lowest BCUT2D eigenvalue weighted by Gasteiger charge is -2.42. The van der Waals surface area contributed by atoms with Crippen LogP contribution in [0.15, 0.2) is 133 Å². The number of rotatable bonds is 2. The molecule has 5 heteroatoms. The molecule has 0 spiro atoms. The number of allylic oxidation sites excluding steroid dienone is 1. The van der Waals surface area contributed by atoms with Crippen LogP contribution in [0.1, 0.15) is 17.5 Å². The van der Waals surface area contributed by atoms with Gasteiger partial charge in [0.15, 0.2) is 0 Å². The molecule has 3 aliphatic rings. The summed E-state index contributed by atoms with van der Waals surface area (Å²) in [7, 11) is 0. The molecule has 0 saturated heterocycles. The van der Waals surface area contributed by atoms with Crippen LogP contribution in [-0.2, 0) is 6.42 Å². The topological polar surface area (TPSA) is 6.48 Å². The van der Waals surface area contributed by atoms with Crippen LogP contribution >= 0.6 is 22.7 Å². The van der Waals surface area contributed by atoms with Gasteiger partial charge in [0.25, 0.3) is 6.71 Å². The van der Waals surface area contributed by atoms with Gasteiger partial charge in [0.1, 0.15) is 0 Å². The fourth-order valence-corrected chi connectivity index (χ4v) is 11.3. The van der Waals surface area contributed by atoms with Gasteiger partial charge in [-0.05, 0) is 76.6 Å². The quantitative estimate of drug-likeness (QED) is 0.175. The first-order valence-electron chi connectivity index (χ1n) is 16.4. The lowest BCUT2D eigenvalue weighted by atomic mass is 9.39. The third kappa shape index (κ3) is 3.51. The Balaban J connectivity index is 1.31. The number of aryl methyl sites for hydroxylation is 1. The molecule has 0 unspecified atom stereocenters. The summed E-state index contributed by atoms with van der Waals surface area (Å²) in [5, 5.41) is 5.31. The van der Waals surface area contributed by atoms with Crippen molar-refractivity contribution in [2.45, 2.75) is 12.8 Å². The van der Waals surface area contributed by atoms with Crippen LogP contribution in [0.25, 0.3) is 37.0 Å². The second kappa shape index (κ2) is 9.71. The maximum atomic E-state index is 2.55. The molecule has 11 rings (SSSR count). The first kappa shape index (κ1) is 26.0. The molecule has 0 saturated carbocycles. The first-order chi connectivity index (χ1) is 23.3. The van der Waals surface area contributed by atoms with Gasteiger partial charge in [0.05, 0.1) is 11.4 Å². The molecule has 6 aromatic carbocycles.